The van der Waals surface area contributed by atoms with E-state index in [1.54, 1.807) is 0 Å². The van der Waals surface area contributed by atoms with Crippen LogP contribution in [0, 0.1) is 6.92 Å². The zero-order valence-electron chi connectivity index (χ0n) is 10.4. The number of rotatable bonds is 1. The van der Waals surface area contributed by atoms with Crippen LogP contribution in [0.25, 0.3) is 5.70 Å². The van der Waals surface area contributed by atoms with E-state index in [2.05, 4.69) is 31.0 Å². The minimum atomic E-state index is 0.825. The summed E-state index contributed by atoms with van der Waals surface area (Å²) in [6, 6.07) is 8.27. The van der Waals surface area contributed by atoms with Gasteiger partial charge in [0.05, 0.1) is 5.70 Å². The van der Waals surface area contributed by atoms with Crippen molar-refractivity contribution < 1.29 is 0 Å². The molecule has 88 valence electrons. The second-order valence-corrected chi connectivity index (χ2v) is 4.78. The smallest absolute Gasteiger partial charge is 0.0744 e. The third-order valence-electron chi connectivity index (χ3n) is 3.08. The van der Waals surface area contributed by atoms with Crippen LogP contribution in [0.4, 0.5) is 0 Å². The largest absolute Gasteiger partial charge is 0.260 e. The SMILES string of the molecule is CC1=C(Cl)C(C)=C(c2ccccc2C)N=CC1. The van der Waals surface area contributed by atoms with Gasteiger partial charge in [0.15, 0.2) is 0 Å². The molecule has 0 fully saturated rings. The Hall–Kier alpha value is -1.34. The van der Waals surface area contributed by atoms with Gasteiger partial charge in [-0.15, -0.1) is 0 Å². The fourth-order valence-corrected chi connectivity index (χ4v) is 2.16. The number of hydrogen-bond donors (Lipinski definition) is 0. The van der Waals surface area contributed by atoms with Gasteiger partial charge in [0, 0.05) is 23.2 Å². The zero-order valence-corrected chi connectivity index (χ0v) is 11.2. The molecular formula is C15H16ClN. The lowest BCUT2D eigenvalue weighted by molar-refractivity contribution is 1.26. The first-order valence-corrected chi connectivity index (χ1v) is 6.14. The summed E-state index contributed by atoms with van der Waals surface area (Å²) in [5.74, 6) is 0. The predicted octanol–water partition coefficient (Wildman–Crippen LogP) is 4.71. The van der Waals surface area contributed by atoms with Gasteiger partial charge in [-0.2, -0.15) is 0 Å². The fraction of sp³-hybridized carbons (Fsp3) is 0.267. The minimum Gasteiger partial charge on any atom is -0.260 e. The number of hydrogen-bond acceptors (Lipinski definition) is 1. The Morgan fingerprint density at radius 1 is 1.12 bits per heavy atom. The summed E-state index contributed by atoms with van der Waals surface area (Å²) in [6.45, 7) is 6.19. The molecule has 2 rings (SSSR count). The van der Waals surface area contributed by atoms with Crippen LogP contribution in [0.2, 0.25) is 0 Å². The Morgan fingerprint density at radius 2 is 1.82 bits per heavy atom. The number of aryl methyl sites for hydroxylation is 1. The van der Waals surface area contributed by atoms with Gasteiger partial charge in [-0.25, -0.2) is 0 Å². The molecule has 0 unspecified atom stereocenters. The molecule has 0 atom stereocenters. The number of aliphatic imine (C=N–C) groups is 1. The van der Waals surface area contributed by atoms with E-state index in [9.17, 15) is 0 Å². The topological polar surface area (TPSA) is 12.4 Å². The van der Waals surface area contributed by atoms with Crippen LogP contribution in [0.1, 0.15) is 31.4 Å². The Labute approximate surface area is 108 Å². The lowest BCUT2D eigenvalue weighted by Crippen LogP contribution is -1.90. The van der Waals surface area contributed by atoms with Crippen molar-refractivity contribution in [3.63, 3.8) is 0 Å². The molecule has 0 saturated heterocycles. The second-order valence-electron chi connectivity index (χ2n) is 4.40. The van der Waals surface area contributed by atoms with Gasteiger partial charge in [-0.3, -0.25) is 4.99 Å². The highest BCUT2D eigenvalue weighted by Crippen LogP contribution is 2.32. The Morgan fingerprint density at radius 3 is 2.53 bits per heavy atom. The first-order valence-electron chi connectivity index (χ1n) is 5.76. The Bertz CT molecular complexity index is 536. The van der Waals surface area contributed by atoms with Gasteiger partial charge in [0.2, 0.25) is 0 Å². The summed E-state index contributed by atoms with van der Waals surface area (Å²) < 4.78 is 0. The maximum absolute atomic E-state index is 6.36. The van der Waals surface area contributed by atoms with Crippen molar-refractivity contribution in [3.8, 4) is 0 Å². The average Bonchev–Trinajstić information content (AvgIpc) is 2.44. The fourth-order valence-electron chi connectivity index (χ4n) is 1.99. The van der Waals surface area contributed by atoms with Gasteiger partial charge < -0.3 is 0 Å². The van der Waals surface area contributed by atoms with E-state index in [4.69, 9.17) is 11.6 Å². The highest BCUT2D eigenvalue weighted by atomic mass is 35.5. The summed E-state index contributed by atoms with van der Waals surface area (Å²) in [5.41, 5.74) is 5.62. The van der Waals surface area contributed by atoms with Crippen LogP contribution >= 0.6 is 11.6 Å². The molecule has 0 aromatic heterocycles. The van der Waals surface area contributed by atoms with Crippen molar-refractivity contribution >= 4 is 23.5 Å². The lowest BCUT2D eigenvalue weighted by Gasteiger charge is -2.09. The van der Waals surface area contributed by atoms with Crippen molar-refractivity contribution in [2.45, 2.75) is 27.2 Å². The molecule has 0 N–H and O–H groups in total. The highest BCUT2D eigenvalue weighted by molar-refractivity contribution is 6.33. The molecule has 1 aromatic carbocycles. The van der Waals surface area contributed by atoms with Crippen molar-refractivity contribution in [3.05, 3.63) is 51.6 Å². The number of nitrogens with zero attached hydrogens (tertiary/aromatic N) is 1. The van der Waals surface area contributed by atoms with Gasteiger partial charge in [0.1, 0.15) is 0 Å². The van der Waals surface area contributed by atoms with E-state index in [0.717, 1.165) is 28.3 Å². The molecule has 0 spiro atoms. The minimum absolute atomic E-state index is 0.825. The van der Waals surface area contributed by atoms with E-state index in [1.165, 1.54) is 11.1 Å². The molecule has 0 radical (unpaired) electrons. The average molecular weight is 246 g/mol. The lowest BCUT2D eigenvalue weighted by atomic mass is 10.0. The molecule has 1 aromatic rings. The van der Waals surface area contributed by atoms with Gasteiger partial charge in [-0.05, 0) is 37.5 Å². The quantitative estimate of drug-likeness (QED) is 0.679. The molecular weight excluding hydrogens is 230 g/mol. The number of allylic oxidation sites excluding steroid dienone is 3. The number of benzene rings is 1. The molecule has 0 aliphatic carbocycles. The molecule has 0 saturated carbocycles. The molecule has 1 nitrogen and oxygen atoms in total. The van der Waals surface area contributed by atoms with Crippen LogP contribution in [0.5, 0.6) is 0 Å². The highest BCUT2D eigenvalue weighted by Gasteiger charge is 2.13. The van der Waals surface area contributed by atoms with Gasteiger partial charge >= 0.3 is 0 Å². The molecule has 1 heterocycles. The third kappa shape index (κ3) is 2.34. The van der Waals surface area contributed by atoms with E-state index in [0.29, 0.717) is 0 Å². The molecule has 1 aliphatic heterocycles. The van der Waals surface area contributed by atoms with Crippen LogP contribution in [-0.4, -0.2) is 6.21 Å². The van der Waals surface area contributed by atoms with E-state index >= 15 is 0 Å². The first kappa shape index (κ1) is 12.1. The summed E-state index contributed by atoms with van der Waals surface area (Å²) in [7, 11) is 0. The van der Waals surface area contributed by atoms with Gasteiger partial charge in [-0.1, -0.05) is 35.9 Å². The summed E-state index contributed by atoms with van der Waals surface area (Å²) in [4.78, 5) is 4.56. The van der Waals surface area contributed by atoms with Crippen LogP contribution < -0.4 is 0 Å². The van der Waals surface area contributed by atoms with Crippen molar-refractivity contribution in [2.24, 2.45) is 4.99 Å². The normalized spacial score (nSPS) is 16.5. The monoisotopic (exact) mass is 245 g/mol. The maximum Gasteiger partial charge on any atom is 0.0744 e. The van der Waals surface area contributed by atoms with Crippen LogP contribution in [-0.2, 0) is 0 Å². The van der Waals surface area contributed by atoms with E-state index < -0.39 is 0 Å². The van der Waals surface area contributed by atoms with E-state index in [-0.39, 0.29) is 0 Å². The van der Waals surface area contributed by atoms with Crippen molar-refractivity contribution in [1.82, 2.24) is 0 Å². The van der Waals surface area contributed by atoms with Crippen molar-refractivity contribution in [1.29, 1.82) is 0 Å². The summed E-state index contributed by atoms with van der Waals surface area (Å²) in [6.07, 6.45) is 2.77. The summed E-state index contributed by atoms with van der Waals surface area (Å²) >= 11 is 6.36. The maximum atomic E-state index is 6.36. The standard InChI is InChI=1S/C15H16ClN/c1-10-6-4-5-7-13(10)15-12(3)14(16)11(2)8-9-17-15/h4-7,9H,8H2,1-3H3. The van der Waals surface area contributed by atoms with Crippen LogP contribution in [0.15, 0.2) is 45.4 Å². The van der Waals surface area contributed by atoms with Gasteiger partial charge in [0.25, 0.3) is 0 Å². The Balaban J connectivity index is 2.62. The van der Waals surface area contributed by atoms with E-state index in [1.807, 2.05) is 25.3 Å². The molecule has 17 heavy (non-hydrogen) atoms. The molecule has 2 heteroatoms. The second kappa shape index (κ2) is 4.89. The molecule has 1 aliphatic rings. The molecule has 0 amide bonds. The summed E-state index contributed by atoms with van der Waals surface area (Å²) in [5, 5.41) is 0.848. The van der Waals surface area contributed by atoms with Crippen molar-refractivity contribution in [2.75, 3.05) is 0 Å². The molecule has 0 bridgehead atoms. The zero-order chi connectivity index (χ0) is 12.4. The Kier molecular flexibility index (Phi) is 3.49. The first-order chi connectivity index (χ1) is 8.11. The third-order valence-corrected chi connectivity index (χ3v) is 3.68. The number of halogens is 1. The van der Waals surface area contributed by atoms with Crippen LogP contribution in [0.3, 0.4) is 0 Å². The predicted molar refractivity (Wildman–Crippen MR) is 75.4 cm³/mol.